The SMILES string of the molecule is C[N](C)[Mo][Cl]. The van der Waals surface area contributed by atoms with Crippen LogP contribution in [0.3, 0.4) is 0 Å². The monoisotopic (exact) mass is 177 g/mol. The van der Waals surface area contributed by atoms with Crippen molar-refractivity contribution in [2.75, 3.05) is 14.1 Å². The van der Waals surface area contributed by atoms with E-state index in [9.17, 15) is 0 Å². The topological polar surface area (TPSA) is 3.24 Å². The fourth-order valence-corrected chi connectivity index (χ4v) is 0. The molecule has 0 aliphatic heterocycles. The molecular weight excluding hydrogens is 169 g/mol. The van der Waals surface area contributed by atoms with Crippen LogP contribution in [-0.4, -0.2) is 17.6 Å². The summed E-state index contributed by atoms with van der Waals surface area (Å²) < 4.78 is 2.02. The van der Waals surface area contributed by atoms with Crippen LogP contribution in [0.5, 0.6) is 0 Å². The van der Waals surface area contributed by atoms with Gasteiger partial charge in [-0.15, -0.1) is 0 Å². The van der Waals surface area contributed by atoms with E-state index < -0.39 is 0 Å². The quantitative estimate of drug-likeness (QED) is 0.531. The summed E-state index contributed by atoms with van der Waals surface area (Å²) in [6.45, 7) is 0. The molecule has 0 radical (unpaired) electrons. The van der Waals surface area contributed by atoms with E-state index in [0.717, 1.165) is 0 Å². The number of hydrogen-bond donors (Lipinski definition) is 0. The number of rotatable bonds is 1. The van der Waals surface area contributed by atoms with Gasteiger partial charge >= 0.3 is 44.7 Å². The summed E-state index contributed by atoms with van der Waals surface area (Å²) in [5, 5.41) is 0. The van der Waals surface area contributed by atoms with Crippen molar-refractivity contribution in [3.8, 4) is 0 Å². The van der Waals surface area contributed by atoms with E-state index in [2.05, 4.69) is 0 Å². The molecule has 0 rings (SSSR count). The normalized spacial score (nSPS) is 9.60. The first-order valence-electron chi connectivity index (χ1n) is 1.23. The van der Waals surface area contributed by atoms with Crippen molar-refractivity contribution in [2.45, 2.75) is 0 Å². The molecule has 0 atom stereocenters. The molecule has 3 heteroatoms. The molecule has 0 aliphatic carbocycles. The summed E-state index contributed by atoms with van der Waals surface area (Å²) in [6.07, 6.45) is 0. The molecule has 0 fully saturated rings. The van der Waals surface area contributed by atoms with Crippen molar-refractivity contribution in [1.82, 2.24) is 3.46 Å². The maximum atomic E-state index is 5.39. The molecule has 5 heavy (non-hydrogen) atoms. The second kappa shape index (κ2) is 3.14. The third kappa shape index (κ3) is 4.94. The van der Waals surface area contributed by atoms with E-state index in [4.69, 9.17) is 9.42 Å². The molecule has 0 unspecified atom stereocenters. The van der Waals surface area contributed by atoms with Crippen LogP contribution >= 0.6 is 9.42 Å². The van der Waals surface area contributed by atoms with E-state index in [0.29, 0.717) is 0 Å². The predicted octanol–water partition coefficient (Wildman–Crippen LogP) is 0.699. The number of halogens is 1. The van der Waals surface area contributed by atoms with Crippen LogP contribution in [0.2, 0.25) is 0 Å². The van der Waals surface area contributed by atoms with E-state index in [1.165, 1.54) is 0 Å². The van der Waals surface area contributed by atoms with Gasteiger partial charge in [0.1, 0.15) is 0 Å². The molecular formula is C2H6ClMoN. The Labute approximate surface area is 45.1 Å². The van der Waals surface area contributed by atoms with Crippen molar-refractivity contribution in [3.63, 3.8) is 0 Å². The first-order chi connectivity index (χ1) is 2.27. The van der Waals surface area contributed by atoms with Gasteiger partial charge in [0, 0.05) is 0 Å². The standard InChI is InChI=1S/C2H6N.ClH.Mo/c1-3-2;;/h1-2H3;1H;/q-1;;+2/p-1. The second-order valence-electron chi connectivity index (χ2n) is 0.881. The third-order valence-electron chi connectivity index (χ3n) is 0.138. The van der Waals surface area contributed by atoms with Crippen molar-refractivity contribution in [1.29, 1.82) is 0 Å². The van der Waals surface area contributed by atoms with Crippen LogP contribution in [0.25, 0.3) is 0 Å². The zero-order valence-corrected chi connectivity index (χ0v) is 6.00. The van der Waals surface area contributed by atoms with Gasteiger partial charge in [-0.05, 0) is 0 Å². The zero-order valence-electron chi connectivity index (χ0n) is 3.23. The van der Waals surface area contributed by atoms with Crippen LogP contribution in [0, 0.1) is 0 Å². The predicted molar refractivity (Wildman–Crippen MR) is 19.5 cm³/mol. The van der Waals surface area contributed by atoms with Gasteiger partial charge in [0.15, 0.2) is 0 Å². The van der Waals surface area contributed by atoms with Crippen molar-refractivity contribution in [3.05, 3.63) is 0 Å². The van der Waals surface area contributed by atoms with Crippen LogP contribution in [-0.2, 0) is 17.8 Å². The maximum absolute atomic E-state index is 5.39. The van der Waals surface area contributed by atoms with E-state index >= 15 is 0 Å². The van der Waals surface area contributed by atoms with E-state index in [1.54, 1.807) is 0 Å². The number of hydrogen-bond acceptors (Lipinski definition) is 1. The minimum atomic E-state index is -0.284. The molecule has 0 aromatic carbocycles. The van der Waals surface area contributed by atoms with Crippen molar-refractivity contribution >= 4 is 9.42 Å². The minimum absolute atomic E-state index is 0.284. The Balaban J connectivity index is 2.54. The van der Waals surface area contributed by atoms with Gasteiger partial charge in [0.05, 0.1) is 0 Å². The zero-order chi connectivity index (χ0) is 4.28. The average Bonchev–Trinajstić information content (AvgIpc) is 1.38. The molecule has 0 spiro atoms. The Bertz CT molecular complexity index is 23.6. The van der Waals surface area contributed by atoms with Gasteiger partial charge in [-0.2, -0.15) is 0 Å². The fraction of sp³-hybridized carbons (Fsp3) is 1.00. The summed E-state index contributed by atoms with van der Waals surface area (Å²) in [5.74, 6) is 0. The van der Waals surface area contributed by atoms with Crippen LogP contribution in [0.15, 0.2) is 0 Å². The summed E-state index contributed by atoms with van der Waals surface area (Å²) in [4.78, 5) is 0. The molecule has 32 valence electrons. The molecule has 0 aliphatic rings. The van der Waals surface area contributed by atoms with Gasteiger partial charge in [-0.3, -0.25) is 0 Å². The van der Waals surface area contributed by atoms with Gasteiger partial charge < -0.3 is 0 Å². The van der Waals surface area contributed by atoms with Crippen LogP contribution in [0.4, 0.5) is 0 Å². The van der Waals surface area contributed by atoms with Crippen LogP contribution in [0.1, 0.15) is 0 Å². The Morgan fingerprint density at radius 2 is 1.80 bits per heavy atom. The first-order valence-corrected chi connectivity index (χ1v) is 4.71. The Morgan fingerprint density at radius 1 is 1.60 bits per heavy atom. The summed E-state index contributed by atoms with van der Waals surface area (Å²) in [5.41, 5.74) is 0. The molecule has 0 aromatic heterocycles. The van der Waals surface area contributed by atoms with E-state index in [1.807, 2.05) is 17.6 Å². The molecule has 0 N–H and O–H groups in total. The third-order valence-corrected chi connectivity index (χ3v) is 2.45. The molecule has 1 nitrogen and oxygen atoms in total. The average molecular weight is 175 g/mol. The summed E-state index contributed by atoms with van der Waals surface area (Å²) in [7, 11) is 9.36. The van der Waals surface area contributed by atoms with Gasteiger partial charge in [-0.25, -0.2) is 0 Å². The summed E-state index contributed by atoms with van der Waals surface area (Å²) in [6, 6.07) is 0. The number of nitrogens with zero attached hydrogens (tertiary/aromatic N) is 1. The van der Waals surface area contributed by atoms with Crippen LogP contribution < -0.4 is 0 Å². The second-order valence-corrected chi connectivity index (χ2v) is 3.83. The van der Waals surface area contributed by atoms with Gasteiger partial charge in [0.25, 0.3) is 0 Å². The molecule has 0 saturated heterocycles. The van der Waals surface area contributed by atoms with E-state index in [-0.39, 0.29) is 17.8 Å². The fourth-order valence-electron chi connectivity index (χ4n) is 0. The van der Waals surface area contributed by atoms with Gasteiger partial charge in [-0.1, -0.05) is 0 Å². The molecule has 0 heterocycles. The first kappa shape index (κ1) is 5.94. The van der Waals surface area contributed by atoms with Crippen molar-refractivity contribution < 1.29 is 17.8 Å². The molecule has 0 amide bonds. The molecule has 0 saturated carbocycles. The molecule has 0 bridgehead atoms. The molecule has 0 aromatic rings. The Hall–Kier alpha value is 0.938. The Morgan fingerprint density at radius 3 is 1.80 bits per heavy atom. The van der Waals surface area contributed by atoms with Gasteiger partial charge in [0.2, 0.25) is 0 Å². The van der Waals surface area contributed by atoms with Crippen molar-refractivity contribution in [2.24, 2.45) is 0 Å². The summed E-state index contributed by atoms with van der Waals surface area (Å²) >= 11 is -0.284. The Kier molecular flexibility index (Phi) is 3.73.